The summed E-state index contributed by atoms with van der Waals surface area (Å²) in [6, 6.07) is 17.1. The van der Waals surface area contributed by atoms with Crippen molar-refractivity contribution in [2.75, 3.05) is 6.44 Å². The second kappa shape index (κ2) is 6.12. The third-order valence-electron chi connectivity index (χ3n) is 3.24. The Morgan fingerprint density at radius 3 is 2.68 bits per heavy atom. The number of amidine groups is 1. The van der Waals surface area contributed by atoms with E-state index in [9.17, 15) is 5.26 Å². The van der Waals surface area contributed by atoms with Crippen molar-refractivity contribution in [2.24, 2.45) is 9.98 Å². The molecule has 0 bridgehead atoms. The second-order valence-corrected chi connectivity index (χ2v) is 4.58. The van der Waals surface area contributed by atoms with Crippen molar-refractivity contribution in [1.82, 2.24) is 0 Å². The zero-order valence-corrected chi connectivity index (χ0v) is 11.7. The van der Waals surface area contributed by atoms with Crippen molar-refractivity contribution in [2.45, 2.75) is 0 Å². The topological polar surface area (TPSA) is 48.5 Å². The zero-order chi connectivity index (χ0) is 15.4. The minimum Gasteiger partial charge on any atom is -0.276 e. The molecule has 22 heavy (non-hydrogen) atoms. The lowest BCUT2D eigenvalue weighted by Gasteiger charge is -2.05. The van der Waals surface area contributed by atoms with Crippen LogP contribution in [0.5, 0.6) is 0 Å². The van der Waals surface area contributed by atoms with E-state index in [0.717, 1.165) is 11.1 Å². The van der Waals surface area contributed by atoms with E-state index in [0.29, 0.717) is 22.7 Å². The first kappa shape index (κ1) is 13.9. The van der Waals surface area contributed by atoms with Crippen molar-refractivity contribution >= 4 is 19.4 Å². The Morgan fingerprint density at radius 2 is 1.86 bits per heavy atom. The predicted molar refractivity (Wildman–Crippen MR) is 88.2 cm³/mol. The third-order valence-corrected chi connectivity index (χ3v) is 3.24. The monoisotopic (exact) mass is 279 g/mol. The summed E-state index contributed by atoms with van der Waals surface area (Å²) in [5.41, 5.74) is 3.71. The molecule has 0 saturated carbocycles. The van der Waals surface area contributed by atoms with E-state index in [-0.39, 0.29) is 6.44 Å². The van der Waals surface area contributed by atoms with E-state index < -0.39 is 0 Å². The molecule has 1 aliphatic carbocycles. The summed E-state index contributed by atoms with van der Waals surface area (Å²) in [4.78, 5) is 8.77. The molecule has 0 aromatic heterocycles. The van der Waals surface area contributed by atoms with Gasteiger partial charge in [-0.15, -0.1) is 0 Å². The molecule has 0 atom stereocenters. The van der Waals surface area contributed by atoms with Gasteiger partial charge in [0.25, 0.3) is 0 Å². The molecule has 2 radical (unpaired) electrons. The van der Waals surface area contributed by atoms with E-state index in [1.54, 1.807) is 12.1 Å². The summed E-state index contributed by atoms with van der Waals surface area (Å²) in [5.74, 6) is 6.49. The molecule has 0 aliphatic heterocycles. The van der Waals surface area contributed by atoms with Gasteiger partial charge in [-0.1, -0.05) is 36.3 Å². The fourth-order valence-electron chi connectivity index (χ4n) is 2.23. The van der Waals surface area contributed by atoms with Crippen molar-refractivity contribution in [1.29, 1.82) is 5.26 Å². The molecule has 0 unspecified atom stereocenters. The van der Waals surface area contributed by atoms with Gasteiger partial charge in [-0.05, 0) is 24.1 Å². The van der Waals surface area contributed by atoms with E-state index in [4.69, 9.17) is 7.85 Å². The van der Waals surface area contributed by atoms with Crippen LogP contribution in [-0.4, -0.2) is 25.8 Å². The smallest absolute Gasteiger partial charge is 0.156 e. The van der Waals surface area contributed by atoms with Crippen LogP contribution in [0.4, 0.5) is 0 Å². The van der Waals surface area contributed by atoms with Crippen molar-refractivity contribution in [3.63, 3.8) is 0 Å². The van der Waals surface area contributed by atoms with Crippen LogP contribution in [0.2, 0.25) is 0 Å². The van der Waals surface area contributed by atoms with Gasteiger partial charge in [0.2, 0.25) is 0 Å². The van der Waals surface area contributed by atoms with Gasteiger partial charge in [-0.25, -0.2) is 4.99 Å². The minimum atomic E-state index is 0.0982. The van der Waals surface area contributed by atoms with Gasteiger partial charge in [-0.3, -0.25) is 4.99 Å². The Kier molecular flexibility index (Phi) is 3.85. The highest BCUT2D eigenvalue weighted by atomic mass is 14.9. The summed E-state index contributed by atoms with van der Waals surface area (Å²) in [5, 5.41) is 9.24. The predicted octanol–water partition coefficient (Wildman–Crippen LogP) is 2.29. The van der Waals surface area contributed by atoms with Gasteiger partial charge >= 0.3 is 0 Å². The molecule has 0 N–H and O–H groups in total. The molecule has 0 spiro atoms. The number of benzene rings is 2. The van der Waals surface area contributed by atoms with Crippen LogP contribution in [0.3, 0.4) is 0 Å². The molecular weight excluding hydrogens is 269 g/mol. The number of nitriles is 1. The number of hydrogen-bond donors (Lipinski definition) is 0. The van der Waals surface area contributed by atoms with Gasteiger partial charge in [0, 0.05) is 23.1 Å². The van der Waals surface area contributed by atoms with Gasteiger partial charge < -0.3 is 0 Å². The highest BCUT2D eigenvalue weighted by Gasteiger charge is 2.14. The molecule has 3 nitrogen and oxygen atoms in total. The molecule has 0 heterocycles. The van der Waals surface area contributed by atoms with E-state index in [1.807, 2.05) is 36.4 Å². The van der Waals surface area contributed by atoms with Crippen LogP contribution >= 0.6 is 0 Å². The highest BCUT2D eigenvalue weighted by molar-refractivity contribution is 6.23. The number of rotatable bonds is 2. The van der Waals surface area contributed by atoms with Crippen LogP contribution < -0.4 is 0 Å². The van der Waals surface area contributed by atoms with Crippen LogP contribution in [0, 0.1) is 23.2 Å². The van der Waals surface area contributed by atoms with Crippen LogP contribution in [0.1, 0.15) is 22.3 Å². The zero-order valence-electron chi connectivity index (χ0n) is 11.7. The Bertz CT molecular complexity index is 892. The first-order valence-corrected chi connectivity index (χ1v) is 6.77. The highest BCUT2D eigenvalue weighted by Crippen LogP contribution is 2.16. The standard InChI is InChI=1S/C18H10BN3/c19-12-21-18(16-8-4-2-6-14(16)11-20)22-17-10-9-13-5-1-3-7-15(13)17/h1-8H,12H2. The number of hydrogen-bond acceptors (Lipinski definition) is 2. The first-order valence-electron chi connectivity index (χ1n) is 6.77. The fourth-order valence-corrected chi connectivity index (χ4v) is 2.23. The van der Waals surface area contributed by atoms with Gasteiger partial charge in [0.1, 0.15) is 5.71 Å². The lowest BCUT2D eigenvalue weighted by Crippen LogP contribution is -2.07. The largest absolute Gasteiger partial charge is 0.276 e. The average Bonchev–Trinajstić information content (AvgIpc) is 2.97. The summed E-state index contributed by atoms with van der Waals surface area (Å²) in [7, 11) is 5.55. The van der Waals surface area contributed by atoms with Crippen molar-refractivity contribution in [3.8, 4) is 17.9 Å². The maximum atomic E-state index is 9.24. The van der Waals surface area contributed by atoms with E-state index in [1.165, 1.54) is 0 Å². The normalized spacial score (nSPS) is 14.1. The van der Waals surface area contributed by atoms with Crippen LogP contribution in [0.15, 0.2) is 58.5 Å². The van der Waals surface area contributed by atoms with Gasteiger partial charge in [-0.2, -0.15) is 5.26 Å². The summed E-state index contributed by atoms with van der Waals surface area (Å²) in [6.07, 6.45) is 0.0982. The summed E-state index contributed by atoms with van der Waals surface area (Å²) < 4.78 is 0. The lowest BCUT2D eigenvalue weighted by atomic mass is 10.1. The molecular formula is C18H10BN3. The number of fused-ring (bicyclic) bond motifs is 1. The Labute approximate surface area is 130 Å². The van der Waals surface area contributed by atoms with E-state index >= 15 is 0 Å². The molecule has 3 rings (SSSR count). The molecule has 0 amide bonds. The van der Waals surface area contributed by atoms with Crippen molar-refractivity contribution < 1.29 is 0 Å². The van der Waals surface area contributed by atoms with Crippen molar-refractivity contribution in [3.05, 3.63) is 70.8 Å². The average molecular weight is 279 g/mol. The molecule has 4 heteroatoms. The van der Waals surface area contributed by atoms with Gasteiger partial charge in [0.15, 0.2) is 5.84 Å². The Morgan fingerprint density at radius 1 is 1.09 bits per heavy atom. The molecule has 0 saturated heterocycles. The third kappa shape index (κ3) is 2.55. The Hall–Kier alpha value is -3.11. The fraction of sp³-hybridized carbons (Fsp3) is 0.0556. The lowest BCUT2D eigenvalue weighted by molar-refractivity contribution is 1.32. The molecule has 2 aromatic carbocycles. The second-order valence-electron chi connectivity index (χ2n) is 4.58. The maximum Gasteiger partial charge on any atom is 0.156 e. The summed E-state index contributed by atoms with van der Waals surface area (Å²) in [6.45, 7) is 0. The summed E-state index contributed by atoms with van der Waals surface area (Å²) >= 11 is 0. The number of nitrogens with zero attached hydrogens (tertiary/aromatic N) is 3. The van der Waals surface area contributed by atoms with E-state index in [2.05, 4.69) is 27.9 Å². The molecule has 0 fully saturated rings. The van der Waals surface area contributed by atoms with Crippen LogP contribution in [-0.2, 0) is 0 Å². The molecule has 2 aromatic rings. The maximum absolute atomic E-state index is 9.24. The number of aliphatic imine (C=N–C) groups is 2. The first-order chi connectivity index (χ1) is 10.8. The Balaban J connectivity index is 2.10. The molecule has 100 valence electrons. The van der Waals surface area contributed by atoms with Crippen LogP contribution in [0.25, 0.3) is 0 Å². The quantitative estimate of drug-likeness (QED) is 0.360. The molecule has 1 aliphatic rings. The minimum absolute atomic E-state index is 0.0982. The van der Waals surface area contributed by atoms with Gasteiger partial charge in [0.05, 0.1) is 19.5 Å². The SMILES string of the molecule is [B]CN=C(N=C1C#Cc2ccccc21)c1ccccc1C#N.